The summed E-state index contributed by atoms with van der Waals surface area (Å²) in [5.41, 5.74) is 5.30. The Labute approximate surface area is 259 Å². The third-order valence-electron chi connectivity index (χ3n) is 7.61. The van der Waals surface area contributed by atoms with Gasteiger partial charge in [0.05, 0.1) is 30.7 Å². The first-order valence-electron chi connectivity index (χ1n) is 14.6. The van der Waals surface area contributed by atoms with Gasteiger partial charge in [-0.2, -0.15) is 4.31 Å². The van der Waals surface area contributed by atoms with Crippen LogP contribution in [0.4, 0.5) is 0 Å². The fourth-order valence-electron chi connectivity index (χ4n) is 5.19. The Bertz CT molecular complexity index is 1790. The Morgan fingerprint density at radius 3 is 2.23 bits per heavy atom. The minimum Gasteiger partial charge on any atom is -0.465 e. The number of nitrogens with zero attached hydrogens (tertiary/aromatic N) is 4. The average molecular weight is 609 g/mol. The van der Waals surface area contributed by atoms with Gasteiger partial charge in [0.1, 0.15) is 12.2 Å². The third-order valence-corrected chi connectivity index (χ3v) is 9.61. The standard InChI is InChI=1S/C35H36N4O4S/c1-27-23-32(30-14-7-4-8-15-30)20-21-33(27)44(41,42)39(22-10-9-13-28-11-5-3-6-12-28)25-34-37-36-26-38(34)24-29-16-18-31(19-17-29)35(40)43-2/h3-8,11-12,14-21,23,26H,9-10,13,22,24-25H2,1-2H3. The van der Waals surface area contributed by atoms with Crippen molar-refractivity contribution in [3.05, 3.63) is 138 Å². The lowest BCUT2D eigenvalue weighted by Crippen LogP contribution is -2.33. The van der Waals surface area contributed by atoms with Gasteiger partial charge in [-0.25, -0.2) is 13.2 Å². The number of sulfonamides is 1. The molecular formula is C35H36N4O4S. The van der Waals surface area contributed by atoms with Crippen LogP contribution in [0.25, 0.3) is 11.1 Å². The normalized spacial score (nSPS) is 11.5. The molecule has 9 heteroatoms. The van der Waals surface area contributed by atoms with Crippen molar-refractivity contribution in [2.75, 3.05) is 13.7 Å². The summed E-state index contributed by atoms with van der Waals surface area (Å²) in [6.45, 7) is 2.69. The van der Waals surface area contributed by atoms with E-state index >= 15 is 0 Å². The monoisotopic (exact) mass is 608 g/mol. The van der Waals surface area contributed by atoms with Crippen LogP contribution < -0.4 is 0 Å². The number of aromatic nitrogens is 3. The number of rotatable bonds is 13. The molecule has 0 fully saturated rings. The van der Waals surface area contributed by atoms with Crippen molar-refractivity contribution in [2.45, 2.75) is 44.2 Å². The molecule has 4 aromatic carbocycles. The maximum atomic E-state index is 14.2. The fourth-order valence-corrected chi connectivity index (χ4v) is 6.83. The van der Waals surface area contributed by atoms with Crippen LogP contribution in [0.1, 0.15) is 45.7 Å². The van der Waals surface area contributed by atoms with Gasteiger partial charge in [-0.3, -0.25) is 0 Å². The number of aryl methyl sites for hydroxylation is 2. The second-order valence-electron chi connectivity index (χ2n) is 10.7. The Morgan fingerprint density at radius 1 is 0.841 bits per heavy atom. The highest BCUT2D eigenvalue weighted by molar-refractivity contribution is 7.89. The topological polar surface area (TPSA) is 94.4 Å². The molecule has 0 unspecified atom stereocenters. The first kappa shape index (κ1) is 30.8. The molecule has 0 saturated carbocycles. The number of hydrogen-bond donors (Lipinski definition) is 0. The summed E-state index contributed by atoms with van der Waals surface area (Å²) in [7, 11) is -2.51. The molecule has 5 rings (SSSR count). The van der Waals surface area contributed by atoms with Crippen LogP contribution in [0.2, 0.25) is 0 Å². The minimum atomic E-state index is -3.86. The maximum Gasteiger partial charge on any atom is 0.337 e. The zero-order valence-electron chi connectivity index (χ0n) is 25.0. The van der Waals surface area contributed by atoms with Gasteiger partial charge in [-0.15, -0.1) is 10.2 Å². The van der Waals surface area contributed by atoms with E-state index in [1.807, 2.05) is 84.3 Å². The zero-order chi connectivity index (χ0) is 30.9. The maximum absolute atomic E-state index is 14.2. The molecule has 0 aliphatic heterocycles. The summed E-state index contributed by atoms with van der Waals surface area (Å²) < 4.78 is 36.6. The molecule has 44 heavy (non-hydrogen) atoms. The number of unbranched alkanes of at least 4 members (excludes halogenated alkanes) is 1. The number of esters is 1. The number of benzene rings is 4. The molecule has 5 aromatic rings. The molecule has 1 heterocycles. The summed E-state index contributed by atoms with van der Waals surface area (Å²) in [5, 5.41) is 8.40. The SMILES string of the molecule is COC(=O)c1ccc(Cn2cnnc2CN(CCCCc2ccccc2)S(=O)(=O)c2ccc(-c3ccccc3)cc2C)cc1. The molecule has 0 amide bonds. The highest BCUT2D eigenvalue weighted by Gasteiger charge is 2.28. The van der Waals surface area contributed by atoms with Crippen LogP contribution in [0.15, 0.2) is 114 Å². The molecule has 0 aliphatic rings. The summed E-state index contributed by atoms with van der Waals surface area (Å²) in [6, 6.07) is 32.7. The van der Waals surface area contributed by atoms with Gasteiger partial charge in [0.15, 0.2) is 0 Å². The quantitative estimate of drug-likeness (QED) is 0.115. The Balaban J connectivity index is 1.38. The molecule has 0 atom stereocenters. The third kappa shape index (κ3) is 7.48. The van der Waals surface area contributed by atoms with E-state index in [4.69, 9.17) is 4.74 Å². The van der Waals surface area contributed by atoms with Crippen molar-refractivity contribution < 1.29 is 17.9 Å². The Hall–Kier alpha value is -4.60. The second kappa shape index (κ2) is 14.2. The number of carbonyl (C=O) groups is 1. The number of hydrogen-bond acceptors (Lipinski definition) is 6. The number of carbonyl (C=O) groups excluding carboxylic acids is 1. The van der Waals surface area contributed by atoms with Crippen LogP contribution >= 0.6 is 0 Å². The molecule has 8 nitrogen and oxygen atoms in total. The van der Waals surface area contributed by atoms with E-state index in [0.29, 0.717) is 36.5 Å². The van der Waals surface area contributed by atoms with Gasteiger partial charge >= 0.3 is 5.97 Å². The van der Waals surface area contributed by atoms with E-state index in [0.717, 1.165) is 29.5 Å². The first-order valence-corrected chi connectivity index (χ1v) is 16.0. The van der Waals surface area contributed by atoms with E-state index in [1.54, 1.807) is 24.5 Å². The van der Waals surface area contributed by atoms with Crippen molar-refractivity contribution in [1.82, 2.24) is 19.1 Å². The van der Waals surface area contributed by atoms with E-state index < -0.39 is 16.0 Å². The van der Waals surface area contributed by atoms with Gasteiger partial charge in [-0.05, 0) is 72.2 Å². The lowest BCUT2D eigenvalue weighted by atomic mass is 10.0. The smallest absolute Gasteiger partial charge is 0.337 e. The molecule has 0 N–H and O–H groups in total. The van der Waals surface area contributed by atoms with Crippen LogP contribution in [-0.2, 0) is 34.3 Å². The van der Waals surface area contributed by atoms with E-state index in [9.17, 15) is 13.2 Å². The first-order chi connectivity index (χ1) is 21.3. The predicted molar refractivity (Wildman–Crippen MR) is 170 cm³/mol. The van der Waals surface area contributed by atoms with Crippen LogP contribution in [-0.4, -0.2) is 47.1 Å². The molecule has 0 bridgehead atoms. The molecule has 0 spiro atoms. The second-order valence-corrected chi connectivity index (χ2v) is 12.6. The van der Waals surface area contributed by atoms with E-state index in [1.165, 1.54) is 17.0 Å². The highest BCUT2D eigenvalue weighted by atomic mass is 32.2. The molecule has 0 radical (unpaired) electrons. The van der Waals surface area contributed by atoms with Crippen LogP contribution in [0, 0.1) is 6.92 Å². The van der Waals surface area contributed by atoms with Crippen LogP contribution in [0.3, 0.4) is 0 Å². The van der Waals surface area contributed by atoms with Crippen LogP contribution in [0.5, 0.6) is 0 Å². The Morgan fingerprint density at radius 2 is 1.55 bits per heavy atom. The van der Waals surface area contributed by atoms with Crippen molar-refractivity contribution >= 4 is 16.0 Å². The van der Waals surface area contributed by atoms with Gasteiger partial charge in [0.2, 0.25) is 10.0 Å². The lowest BCUT2D eigenvalue weighted by Gasteiger charge is -2.23. The lowest BCUT2D eigenvalue weighted by molar-refractivity contribution is 0.0600. The number of methoxy groups -OCH3 is 1. The summed E-state index contributed by atoms with van der Waals surface area (Å²) in [4.78, 5) is 12.1. The Kier molecular flexibility index (Phi) is 9.99. The van der Waals surface area contributed by atoms with Gasteiger partial charge in [-0.1, -0.05) is 84.9 Å². The highest BCUT2D eigenvalue weighted by Crippen LogP contribution is 2.27. The molecular weight excluding hydrogens is 572 g/mol. The largest absolute Gasteiger partial charge is 0.465 e. The van der Waals surface area contributed by atoms with E-state index in [2.05, 4.69) is 22.3 Å². The summed E-state index contributed by atoms with van der Waals surface area (Å²) in [6.07, 6.45) is 4.01. The van der Waals surface area contributed by atoms with Gasteiger partial charge in [0, 0.05) is 6.54 Å². The van der Waals surface area contributed by atoms with E-state index in [-0.39, 0.29) is 11.4 Å². The zero-order valence-corrected chi connectivity index (χ0v) is 25.8. The van der Waals surface area contributed by atoms with Crippen molar-refractivity contribution in [2.24, 2.45) is 0 Å². The van der Waals surface area contributed by atoms with Gasteiger partial charge in [0.25, 0.3) is 0 Å². The summed E-state index contributed by atoms with van der Waals surface area (Å²) in [5.74, 6) is 0.133. The predicted octanol–water partition coefficient (Wildman–Crippen LogP) is 6.30. The molecule has 0 aliphatic carbocycles. The van der Waals surface area contributed by atoms with Gasteiger partial charge < -0.3 is 9.30 Å². The van der Waals surface area contributed by atoms with Crippen molar-refractivity contribution in [3.63, 3.8) is 0 Å². The van der Waals surface area contributed by atoms with Crippen molar-refractivity contribution in [1.29, 1.82) is 0 Å². The summed E-state index contributed by atoms with van der Waals surface area (Å²) >= 11 is 0. The molecule has 0 saturated heterocycles. The number of ether oxygens (including phenoxy) is 1. The fraction of sp³-hybridized carbons (Fsp3) is 0.229. The minimum absolute atomic E-state index is 0.0772. The van der Waals surface area contributed by atoms with Crippen molar-refractivity contribution in [3.8, 4) is 11.1 Å². The molecule has 226 valence electrons. The average Bonchev–Trinajstić information content (AvgIpc) is 3.49. The molecule has 1 aromatic heterocycles.